The fraction of sp³-hybridized carbons (Fsp3) is 0.371. The van der Waals surface area contributed by atoms with Gasteiger partial charge in [-0.1, -0.05) is 85.8 Å². The van der Waals surface area contributed by atoms with Gasteiger partial charge >= 0.3 is 0 Å². The van der Waals surface area contributed by atoms with Crippen LogP contribution in [0.3, 0.4) is 0 Å². The van der Waals surface area contributed by atoms with Gasteiger partial charge in [0, 0.05) is 54.7 Å². The first-order valence-electron chi connectivity index (χ1n) is 15.4. The van der Waals surface area contributed by atoms with E-state index in [0.29, 0.717) is 26.1 Å². The van der Waals surface area contributed by atoms with Gasteiger partial charge in [-0.15, -0.1) is 10.2 Å². The lowest BCUT2D eigenvalue weighted by Crippen LogP contribution is -2.55. The highest BCUT2D eigenvalue weighted by Gasteiger charge is 2.30. The molecule has 3 aromatic carbocycles. The number of aryl methyl sites for hydroxylation is 1. The molecule has 7 nitrogen and oxygen atoms in total. The zero-order chi connectivity index (χ0) is 30.0. The summed E-state index contributed by atoms with van der Waals surface area (Å²) in [5.74, 6) is 1.89. The summed E-state index contributed by atoms with van der Waals surface area (Å²) in [5, 5.41) is 9.87. The molecule has 1 aliphatic heterocycles. The average Bonchev–Trinajstić information content (AvgIpc) is 3.48. The van der Waals surface area contributed by atoms with Gasteiger partial charge in [-0.25, -0.2) is 0 Å². The highest BCUT2D eigenvalue weighted by Crippen LogP contribution is 2.28. The molecule has 0 spiro atoms. The van der Waals surface area contributed by atoms with Crippen LogP contribution in [-0.4, -0.2) is 67.8 Å². The Kier molecular flexibility index (Phi) is 10.7. The van der Waals surface area contributed by atoms with Crippen LogP contribution in [0.2, 0.25) is 0 Å². The topological polar surface area (TPSA) is 71.3 Å². The molecule has 0 saturated carbocycles. The minimum atomic E-state index is -0.0105. The van der Waals surface area contributed by atoms with Crippen LogP contribution in [0.15, 0.2) is 90.1 Å². The highest BCUT2D eigenvalue weighted by molar-refractivity contribution is 7.99. The van der Waals surface area contributed by atoms with Crippen LogP contribution >= 0.6 is 11.8 Å². The predicted octanol–water partition coefficient (Wildman–Crippen LogP) is 6.91. The van der Waals surface area contributed by atoms with Crippen molar-refractivity contribution in [2.75, 3.05) is 25.4 Å². The number of hydrogen-bond acceptors (Lipinski definition) is 5. The number of hydrogen-bond donors (Lipinski definition) is 0. The second-order valence-corrected chi connectivity index (χ2v) is 12.2. The maximum atomic E-state index is 13.2. The standard InChI is InChI=1S/C35H41N5O2S/c1-3-4-13-28-19-21-30(22-20-28)34(42)39-24-23-38(26-27(39)2)32(41)18-11-12-25-43-35-37-36-33(29-14-7-5-8-15-29)40(35)31-16-9-6-10-17-31/h5-10,14-17,19-22,27H,3-4,11-13,18,23-26H2,1-2H3. The molecule has 1 saturated heterocycles. The Bertz CT molecular complexity index is 1470. The number of rotatable bonds is 12. The predicted molar refractivity (Wildman–Crippen MR) is 174 cm³/mol. The highest BCUT2D eigenvalue weighted by atomic mass is 32.2. The first-order valence-corrected chi connectivity index (χ1v) is 16.4. The fourth-order valence-corrected chi connectivity index (χ4v) is 6.44. The van der Waals surface area contributed by atoms with Crippen LogP contribution in [0, 0.1) is 0 Å². The summed E-state index contributed by atoms with van der Waals surface area (Å²) >= 11 is 1.67. The Hall–Kier alpha value is -3.91. The molecular weight excluding hydrogens is 554 g/mol. The smallest absolute Gasteiger partial charge is 0.254 e. The van der Waals surface area contributed by atoms with E-state index in [2.05, 4.69) is 46.0 Å². The fourth-order valence-electron chi connectivity index (χ4n) is 5.49. The molecule has 0 radical (unpaired) electrons. The number of thioether (sulfide) groups is 1. The van der Waals surface area contributed by atoms with Gasteiger partial charge in [0.1, 0.15) is 0 Å². The molecule has 5 rings (SSSR count). The van der Waals surface area contributed by atoms with Gasteiger partial charge in [0.25, 0.3) is 5.91 Å². The number of carbonyl (C=O) groups is 2. The number of nitrogens with zero attached hydrogens (tertiary/aromatic N) is 5. The number of piperazine rings is 1. The van der Waals surface area contributed by atoms with E-state index in [1.54, 1.807) is 11.8 Å². The maximum Gasteiger partial charge on any atom is 0.254 e. The molecule has 2 heterocycles. The third-order valence-corrected chi connectivity index (χ3v) is 8.97. The van der Waals surface area contributed by atoms with Crippen LogP contribution in [0.4, 0.5) is 0 Å². The normalized spacial score (nSPS) is 15.1. The second-order valence-electron chi connectivity index (χ2n) is 11.1. The zero-order valence-corrected chi connectivity index (χ0v) is 26.0. The molecule has 1 unspecified atom stereocenters. The molecule has 4 aromatic rings. The van der Waals surface area contributed by atoms with E-state index in [0.717, 1.165) is 65.7 Å². The van der Waals surface area contributed by atoms with Crippen molar-refractivity contribution in [2.24, 2.45) is 0 Å². The van der Waals surface area contributed by atoms with Crippen molar-refractivity contribution in [1.82, 2.24) is 24.6 Å². The van der Waals surface area contributed by atoms with E-state index in [1.165, 1.54) is 5.56 Å². The van der Waals surface area contributed by atoms with Crippen LogP contribution in [-0.2, 0) is 11.2 Å². The molecular formula is C35H41N5O2S. The Morgan fingerprint density at radius 2 is 1.58 bits per heavy atom. The lowest BCUT2D eigenvalue weighted by Gasteiger charge is -2.40. The first kappa shape index (κ1) is 30.5. The number of para-hydroxylation sites is 1. The summed E-state index contributed by atoms with van der Waals surface area (Å²) in [6, 6.07) is 28.3. The first-order chi connectivity index (χ1) is 21.0. The van der Waals surface area contributed by atoms with Crippen LogP contribution in [0.25, 0.3) is 17.1 Å². The van der Waals surface area contributed by atoms with Gasteiger partial charge in [-0.05, 0) is 62.4 Å². The number of aromatic nitrogens is 3. The molecule has 0 aliphatic carbocycles. The molecule has 0 N–H and O–H groups in total. The van der Waals surface area contributed by atoms with Crippen LogP contribution < -0.4 is 0 Å². The SMILES string of the molecule is CCCCc1ccc(C(=O)N2CCN(C(=O)CCCCSc3nnc(-c4ccccc4)n3-c3ccccc3)CC2C)cc1. The summed E-state index contributed by atoms with van der Waals surface area (Å²) in [4.78, 5) is 30.0. The summed E-state index contributed by atoms with van der Waals surface area (Å²) in [6.45, 7) is 5.96. The van der Waals surface area contributed by atoms with Gasteiger partial charge in [-0.3, -0.25) is 14.2 Å². The monoisotopic (exact) mass is 595 g/mol. The minimum absolute atomic E-state index is 0.0105. The molecule has 1 fully saturated rings. The summed E-state index contributed by atoms with van der Waals surface area (Å²) in [7, 11) is 0. The molecule has 224 valence electrons. The largest absolute Gasteiger partial charge is 0.339 e. The lowest BCUT2D eigenvalue weighted by molar-refractivity contribution is -0.133. The maximum absolute atomic E-state index is 13.2. The summed E-state index contributed by atoms with van der Waals surface area (Å²) in [5.41, 5.74) is 4.05. The van der Waals surface area contributed by atoms with E-state index in [9.17, 15) is 9.59 Å². The van der Waals surface area contributed by atoms with Gasteiger partial charge in [0.15, 0.2) is 11.0 Å². The Morgan fingerprint density at radius 1 is 0.860 bits per heavy atom. The van der Waals surface area contributed by atoms with E-state index >= 15 is 0 Å². The van der Waals surface area contributed by atoms with Gasteiger partial charge < -0.3 is 9.80 Å². The molecule has 43 heavy (non-hydrogen) atoms. The summed E-state index contributed by atoms with van der Waals surface area (Å²) < 4.78 is 2.11. The van der Waals surface area contributed by atoms with Gasteiger partial charge in [0.2, 0.25) is 5.91 Å². The van der Waals surface area contributed by atoms with Crippen molar-refractivity contribution < 1.29 is 9.59 Å². The Morgan fingerprint density at radius 3 is 2.28 bits per heavy atom. The van der Waals surface area contributed by atoms with E-state index in [1.807, 2.05) is 77.4 Å². The Labute approximate surface area is 259 Å². The van der Waals surface area contributed by atoms with E-state index < -0.39 is 0 Å². The molecule has 0 bridgehead atoms. The van der Waals surface area contributed by atoms with Crippen LogP contribution in [0.5, 0.6) is 0 Å². The van der Waals surface area contributed by atoms with Crippen molar-refractivity contribution in [3.05, 3.63) is 96.1 Å². The summed E-state index contributed by atoms with van der Waals surface area (Å²) in [6.07, 6.45) is 5.60. The quantitative estimate of drug-likeness (QED) is 0.131. The lowest BCUT2D eigenvalue weighted by atomic mass is 10.0. The molecule has 1 atom stereocenters. The van der Waals surface area contributed by atoms with Crippen molar-refractivity contribution >= 4 is 23.6 Å². The minimum Gasteiger partial charge on any atom is -0.339 e. The number of benzene rings is 3. The molecule has 2 amide bonds. The zero-order valence-electron chi connectivity index (χ0n) is 25.2. The van der Waals surface area contributed by atoms with Crippen molar-refractivity contribution in [3.63, 3.8) is 0 Å². The van der Waals surface area contributed by atoms with E-state index in [4.69, 9.17) is 0 Å². The third kappa shape index (κ3) is 7.73. The Balaban J connectivity index is 1.09. The van der Waals surface area contributed by atoms with E-state index in [-0.39, 0.29) is 17.9 Å². The molecule has 8 heteroatoms. The van der Waals surface area contributed by atoms with Gasteiger partial charge in [-0.2, -0.15) is 0 Å². The number of amides is 2. The van der Waals surface area contributed by atoms with Crippen molar-refractivity contribution in [3.8, 4) is 17.1 Å². The average molecular weight is 596 g/mol. The third-order valence-electron chi connectivity index (χ3n) is 7.96. The second kappa shape index (κ2) is 15.0. The van der Waals surface area contributed by atoms with Crippen LogP contribution in [0.1, 0.15) is 61.9 Å². The van der Waals surface area contributed by atoms with Gasteiger partial charge in [0.05, 0.1) is 0 Å². The molecule has 1 aromatic heterocycles. The molecule has 1 aliphatic rings. The number of carbonyl (C=O) groups excluding carboxylic acids is 2. The van der Waals surface area contributed by atoms with Crippen molar-refractivity contribution in [2.45, 2.75) is 63.6 Å². The number of unbranched alkanes of at least 4 members (excludes halogenated alkanes) is 2. The van der Waals surface area contributed by atoms with Crippen molar-refractivity contribution in [1.29, 1.82) is 0 Å².